The Morgan fingerprint density at radius 3 is 2.71 bits per heavy atom. The lowest BCUT2D eigenvalue weighted by atomic mass is 10.1. The average Bonchev–Trinajstić information content (AvgIpc) is 2.61. The van der Waals surface area contributed by atoms with Crippen molar-refractivity contribution in [2.24, 2.45) is 0 Å². The molecule has 122 valence electrons. The number of carbonyl (C=O) groups excluding carboxylic acids is 3. The summed E-state index contributed by atoms with van der Waals surface area (Å²) in [5.74, 6) is -0.181. The molecule has 2 aromatic carbocycles. The van der Waals surface area contributed by atoms with Crippen molar-refractivity contribution in [1.82, 2.24) is 0 Å². The van der Waals surface area contributed by atoms with Crippen molar-refractivity contribution in [3.05, 3.63) is 54.1 Å². The third-order valence-electron chi connectivity index (χ3n) is 3.81. The van der Waals surface area contributed by atoms with Gasteiger partial charge in [-0.1, -0.05) is 18.2 Å². The predicted molar refractivity (Wildman–Crippen MR) is 89.3 cm³/mol. The highest BCUT2D eigenvalue weighted by Crippen LogP contribution is 2.34. The molecule has 0 aliphatic carbocycles. The van der Waals surface area contributed by atoms with E-state index in [4.69, 9.17) is 4.74 Å². The van der Waals surface area contributed by atoms with E-state index in [2.05, 4.69) is 5.32 Å². The van der Waals surface area contributed by atoms with Crippen LogP contribution in [0.3, 0.4) is 0 Å². The fraction of sp³-hybridized carbons (Fsp3) is 0.167. The first-order valence-corrected chi connectivity index (χ1v) is 7.50. The van der Waals surface area contributed by atoms with E-state index in [-0.39, 0.29) is 18.4 Å². The summed E-state index contributed by atoms with van der Waals surface area (Å²) in [6.07, 6.45) is 0.687. The lowest BCUT2D eigenvalue weighted by Crippen LogP contribution is -2.49. The second-order valence-corrected chi connectivity index (χ2v) is 5.43. The van der Waals surface area contributed by atoms with Crippen molar-refractivity contribution in [3.8, 4) is 5.75 Å². The number of carbonyl (C=O) groups is 3. The number of anilines is 2. The minimum atomic E-state index is -0.748. The molecule has 3 rings (SSSR count). The Labute approximate surface area is 139 Å². The molecule has 6 heteroatoms. The fourth-order valence-corrected chi connectivity index (χ4v) is 2.57. The van der Waals surface area contributed by atoms with Crippen LogP contribution >= 0.6 is 0 Å². The Hall–Kier alpha value is -3.15. The van der Waals surface area contributed by atoms with Crippen LogP contribution in [-0.4, -0.2) is 30.7 Å². The first kappa shape index (κ1) is 15.7. The van der Waals surface area contributed by atoms with E-state index in [1.807, 2.05) is 18.2 Å². The lowest BCUT2D eigenvalue weighted by Gasteiger charge is -2.33. The molecule has 0 spiro atoms. The normalized spacial score (nSPS) is 14.4. The number of para-hydroxylation sites is 1. The van der Waals surface area contributed by atoms with E-state index >= 15 is 0 Å². The Kier molecular flexibility index (Phi) is 4.29. The van der Waals surface area contributed by atoms with E-state index in [0.717, 1.165) is 0 Å². The minimum Gasteiger partial charge on any atom is -0.482 e. The molecule has 0 saturated carbocycles. The maximum Gasteiger partial charge on any atom is 0.265 e. The Bertz CT molecular complexity index is 789. The number of nitrogens with zero attached hydrogens (tertiary/aromatic N) is 1. The van der Waals surface area contributed by atoms with Crippen LogP contribution in [0.15, 0.2) is 48.5 Å². The Morgan fingerprint density at radius 1 is 1.25 bits per heavy atom. The van der Waals surface area contributed by atoms with Gasteiger partial charge in [-0.05, 0) is 37.3 Å². The lowest BCUT2D eigenvalue weighted by molar-refractivity contribution is -0.125. The highest BCUT2D eigenvalue weighted by atomic mass is 16.5. The van der Waals surface area contributed by atoms with Gasteiger partial charge < -0.3 is 10.1 Å². The van der Waals surface area contributed by atoms with Crippen LogP contribution in [0.2, 0.25) is 0 Å². The largest absolute Gasteiger partial charge is 0.482 e. The van der Waals surface area contributed by atoms with Crippen LogP contribution in [0.4, 0.5) is 11.4 Å². The number of rotatable bonds is 4. The van der Waals surface area contributed by atoms with Gasteiger partial charge in [-0.2, -0.15) is 0 Å². The van der Waals surface area contributed by atoms with Crippen LogP contribution in [-0.2, 0) is 9.59 Å². The summed E-state index contributed by atoms with van der Waals surface area (Å²) in [6.45, 7) is 1.50. The highest BCUT2D eigenvalue weighted by molar-refractivity contribution is 6.07. The third kappa shape index (κ3) is 2.99. The van der Waals surface area contributed by atoms with Crippen LogP contribution in [0.5, 0.6) is 5.75 Å². The Morgan fingerprint density at radius 2 is 2.00 bits per heavy atom. The zero-order valence-corrected chi connectivity index (χ0v) is 13.1. The third-order valence-corrected chi connectivity index (χ3v) is 3.81. The van der Waals surface area contributed by atoms with Crippen LogP contribution in [0.25, 0.3) is 0 Å². The summed E-state index contributed by atoms with van der Waals surface area (Å²) in [5.41, 5.74) is 1.48. The van der Waals surface area contributed by atoms with Gasteiger partial charge in [0, 0.05) is 11.3 Å². The maximum atomic E-state index is 12.5. The summed E-state index contributed by atoms with van der Waals surface area (Å²) >= 11 is 0. The number of hydrogen-bond acceptors (Lipinski definition) is 4. The molecule has 1 aliphatic rings. The zero-order chi connectivity index (χ0) is 17.1. The quantitative estimate of drug-likeness (QED) is 0.875. The number of aldehydes is 1. The number of hydrogen-bond donors (Lipinski definition) is 1. The van der Waals surface area contributed by atoms with Gasteiger partial charge >= 0.3 is 0 Å². The molecular formula is C18H16N2O4. The van der Waals surface area contributed by atoms with Gasteiger partial charge in [0.2, 0.25) is 5.91 Å². The van der Waals surface area contributed by atoms with Crippen molar-refractivity contribution in [1.29, 1.82) is 0 Å². The predicted octanol–water partition coefficient (Wildman–Crippen LogP) is 2.25. The van der Waals surface area contributed by atoms with Gasteiger partial charge in [-0.15, -0.1) is 0 Å². The van der Waals surface area contributed by atoms with E-state index < -0.39 is 6.04 Å². The molecule has 2 amide bonds. The summed E-state index contributed by atoms with van der Waals surface area (Å²) in [7, 11) is 0. The van der Waals surface area contributed by atoms with Crippen LogP contribution < -0.4 is 15.0 Å². The molecule has 1 aliphatic heterocycles. The van der Waals surface area contributed by atoms with Crippen LogP contribution in [0.1, 0.15) is 17.3 Å². The van der Waals surface area contributed by atoms with Crippen molar-refractivity contribution in [3.63, 3.8) is 0 Å². The van der Waals surface area contributed by atoms with E-state index in [1.165, 1.54) is 4.90 Å². The molecule has 0 saturated heterocycles. The van der Waals surface area contributed by atoms with Crippen molar-refractivity contribution < 1.29 is 19.1 Å². The highest BCUT2D eigenvalue weighted by Gasteiger charge is 2.33. The van der Waals surface area contributed by atoms with E-state index in [9.17, 15) is 14.4 Å². The molecule has 1 unspecified atom stereocenters. The van der Waals surface area contributed by atoms with Gasteiger partial charge in [0.15, 0.2) is 6.61 Å². The topological polar surface area (TPSA) is 75.7 Å². The molecule has 1 N–H and O–H groups in total. The van der Waals surface area contributed by atoms with Crippen molar-refractivity contribution in [2.45, 2.75) is 13.0 Å². The summed E-state index contributed by atoms with van der Waals surface area (Å²) in [5, 5.41) is 2.78. The zero-order valence-electron chi connectivity index (χ0n) is 13.1. The smallest absolute Gasteiger partial charge is 0.265 e. The standard InChI is InChI=1S/C18H16N2O4/c1-12(18(23)19-14-5-3-2-4-6-14)20-15-9-13(10-21)7-8-16(15)24-11-17(20)22/h2-10,12H,11H2,1H3,(H,19,23). The molecule has 2 aromatic rings. The first-order chi connectivity index (χ1) is 11.6. The molecule has 1 atom stereocenters. The fourth-order valence-electron chi connectivity index (χ4n) is 2.57. The minimum absolute atomic E-state index is 0.142. The molecule has 0 radical (unpaired) electrons. The second-order valence-electron chi connectivity index (χ2n) is 5.43. The average molecular weight is 324 g/mol. The van der Waals surface area contributed by atoms with E-state index in [1.54, 1.807) is 37.3 Å². The summed E-state index contributed by atoms with van der Waals surface area (Å²) in [6, 6.07) is 13.0. The molecule has 24 heavy (non-hydrogen) atoms. The monoisotopic (exact) mass is 324 g/mol. The van der Waals surface area contributed by atoms with Crippen molar-refractivity contribution in [2.75, 3.05) is 16.8 Å². The molecule has 0 fully saturated rings. The van der Waals surface area contributed by atoms with Gasteiger partial charge in [-0.25, -0.2) is 0 Å². The number of ether oxygens (including phenoxy) is 1. The van der Waals surface area contributed by atoms with Gasteiger partial charge in [-0.3, -0.25) is 19.3 Å². The molecular weight excluding hydrogens is 308 g/mol. The number of nitrogens with one attached hydrogen (secondary N) is 1. The van der Waals surface area contributed by atoms with Gasteiger partial charge in [0.1, 0.15) is 18.1 Å². The number of fused-ring (bicyclic) bond motifs is 1. The molecule has 1 heterocycles. The maximum absolute atomic E-state index is 12.5. The van der Waals surface area contributed by atoms with Gasteiger partial charge in [0.25, 0.3) is 5.91 Å². The van der Waals surface area contributed by atoms with Gasteiger partial charge in [0.05, 0.1) is 5.69 Å². The summed E-state index contributed by atoms with van der Waals surface area (Å²) in [4.78, 5) is 37.2. The number of amides is 2. The molecule has 0 bridgehead atoms. The molecule has 6 nitrogen and oxygen atoms in total. The number of benzene rings is 2. The molecule has 0 aromatic heterocycles. The Balaban J connectivity index is 1.89. The van der Waals surface area contributed by atoms with E-state index in [0.29, 0.717) is 29.0 Å². The SMILES string of the molecule is CC(C(=O)Nc1ccccc1)N1C(=O)COc2ccc(C=O)cc21. The first-order valence-electron chi connectivity index (χ1n) is 7.50. The second kappa shape index (κ2) is 6.54. The van der Waals surface area contributed by atoms with Crippen molar-refractivity contribution >= 4 is 29.5 Å². The summed E-state index contributed by atoms with van der Waals surface area (Å²) < 4.78 is 5.37. The van der Waals surface area contributed by atoms with Crippen LogP contribution in [0, 0.1) is 0 Å².